The van der Waals surface area contributed by atoms with Crippen LogP contribution >= 0.6 is 0 Å². The Morgan fingerprint density at radius 2 is 1.77 bits per heavy atom. The Morgan fingerprint density at radius 3 is 2.48 bits per heavy atom. The molecular formula is C26H35NO4. The molecule has 5 heteroatoms. The van der Waals surface area contributed by atoms with Gasteiger partial charge < -0.3 is 10.1 Å². The molecule has 1 saturated heterocycles. The molecule has 168 valence electrons. The average Bonchev–Trinajstić information content (AvgIpc) is 3.11. The number of rotatable bonds is 4. The molecule has 4 bridgehead atoms. The molecule has 5 aliphatic carbocycles. The molecule has 0 radical (unpaired) electrons. The highest BCUT2D eigenvalue weighted by atomic mass is 17.3. The van der Waals surface area contributed by atoms with Gasteiger partial charge in [0.05, 0.1) is 6.04 Å². The van der Waals surface area contributed by atoms with Gasteiger partial charge in [-0.15, -0.1) is 0 Å². The number of hydrogen-bond donors (Lipinski definition) is 1. The second kappa shape index (κ2) is 7.57. The van der Waals surface area contributed by atoms with Gasteiger partial charge in [0.1, 0.15) is 0 Å². The molecule has 6 aliphatic rings. The van der Waals surface area contributed by atoms with Crippen LogP contribution in [0.1, 0.15) is 82.7 Å². The predicted octanol–water partition coefficient (Wildman–Crippen LogP) is 5.27. The molecule has 6 fully saturated rings. The maximum Gasteiger partial charge on any atom is 0.220 e. The molecule has 1 aliphatic heterocycles. The monoisotopic (exact) mass is 425 g/mol. The topological polar surface area (TPSA) is 56.8 Å². The van der Waals surface area contributed by atoms with Crippen molar-refractivity contribution in [2.45, 2.75) is 88.7 Å². The molecule has 31 heavy (non-hydrogen) atoms. The maximum atomic E-state index is 12.8. The summed E-state index contributed by atoms with van der Waals surface area (Å²) in [4.78, 5) is 25.0. The SMILES string of the molecule is C[C@H](NC(=O)CC1CCCC2(C1)OOC1(O2)C2CC3CC(C2)CC1C3)c1ccccc1. The second-order valence-corrected chi connectivity index (χ2v) is 11.1. The standard InChI is InChI=1S/C26H35NO4/c1-17(21-7-3-2-4-8-21)27-24(28)15-18-6-5-9-25(16-18)29-26(31-30-25)22-11-19-10-20(13-22)14-23(26)12-19/h2-4,7-8,17-20,22-23H,5-6,9-16H2,1H3,(H,27,28)/t17-,18?,19?,20?,22?,23?,25?,26?/m0/s1. The Morgan fingerprint density at radius 1 is 1.06 bits per heavy atom. The lowest BCUT2D eigenvalue weighted by atomic mass is 9.53. The van der Waals surface area contributed by atoms with E-state index >= 15 is 0 Å². The first-order valence-corrected chi connectivity index (χ1v) is 12.4. The predicted molar refractivity (Wildman–Crippen MR) is 115 cm³/mol. The van der Waals surface area contributed by atoms with E-state index in [0.29, 0.717) is 18.3 Å². The van der Waals surface area contributed by atoms with Crippen molar-refractivity contribution in [2.24, 2.45) is 29.6 Å². The summed E-state index contributed by atoms with van der Waals surface area (Å²) >= 11 is 0. The number of carbonyl (C=O) groups is 1. The Hall–Kier alpha value is -1.43. The van der Waals surface area contributed by atoms with E-state index in [4.69, 9.17) is 14.5 Å². The first-order chi connectivity index (χ1) is 15.0. The Bertz CT molecular complexity index is 798. The van der Waals surface area contributed by atoms with E-state index in [0.717, 1.165) is 43.1 Å². The minimum Gasteiger partial charge on any atom is -0.350 e. The van der Waals surface area contributed by atoms with Crippen molar-refractivity contribution < 1.29 is 19.3 Å². The summed E-state index contributed by atoms with van der Waals surface area (Å²) in [5.74, 6) is 1.92. The summed E-state index contributed by atoms with van der Waals surface area (Å²) in [5, 5.41) is 3.17. The molecule has 2 unspecified atom stereocenters. The van der Waals surface area contributed by atoms with Gasteiger partial charge in [0.25, 0.3) is 0 Å². The number of hydrogen-bond acceptors (Lipinski definition) is 4. The van der Waals surface area contributed by atoms with E-state index < -0.39 is 11.6 Å². The van der Waals surface area contributed by atoms with E-state index in [-0.39, 0.29) is 17.9 Å². The van der Waals surface area contributed by atoms with Crippen molar-refractivity contribution in [2.75, 3.05) is 0 Å². The summed E-state index contributed by atoms with van der Waals surface area (Å²) in [7, 11) is 0. The third-order valence-corrected chi connectivity index (χ3v) is 8.87. The molecule has 1 aromatic rings. The lowest BCUT2D eigenvalue weighted by Gasteiger charge is -2.57. The maximum absolute atomic E-state index is 12.8. The van der Waals surface area contributed by atoms with E-state index in [1.807, 2.05) is 25.1 Å². The van der Waals surface area contributed by atoms with E-state index in [9.17, 15) is 4.79 Å². The number of carbonyl (C=O) groups excluding carboxylic acids is 1. The molecule has 1 N–H and O–H groups in total. The van der Waals surface area contributed by atoms with Crippen LogP contribution in [0.15, 0.2) is 30.3 Å². The van der Waals surface area contributed by atoms with Crippen molar-refractivity contribution in [1.29, 1.82) is 0 Å². The first-order valence-electron chi connectivity index (χ1n) is 12.4. The molecule has 3 atom stereocenters. The molecule has 5 saturated carbocycles. The molecular weight excluding hydrogens is 390 g/mol. The smallest absolute Gasteiger partial charge is 0.220 e. The van der Waals surface area contributed by atoms with Crippen molar-refractivity contribution in [3.63, 3.8) is 0 Å². The molecule has 7 rings (SSSR count). The Balaban J connectivity index is 1.09. The fourth-order valence-electron chi connectivity index (χ4n) is 7.64. The molecule has 1 aromatic carbocycles. The number of nitrogens with one attached hydrogen (secondary N) is 1. The van der Waals surface area contributed by atoms with E-state index in [1.165, 1.54) is 32.1 Å². The van der Waals surface area contributed by atoms with Crippen LogP contribution < -0.4 is 5.32 Å². The summed E-state index contributed by atoms with van der Waals surface area (Å²) in [5.41, 5.74) is 1.13. The van der Waals surface area contributed by atoms with Crippen LogP contribution in [0.2, 0.25) is 0 Å². The van der Waals surface area contributed by atoms with Crippen molar-refractivity contribution in [1.82, 2.24) is 5.32 Å². The van der Waals surface area contributed by atoms with Gasteiger partial charge >= 0.3 is 0 Å². The Labute approximate surface area is 185 Å². The van der Waals surface area contributed by atoms with Gasteiger partial charge in [0.15, 0.2) is 0 Å². The van der Waals surface area contributed by atoms with Gasteiger partial charge in [-0.05, 0) is 75.2 Å². The highest BCUT2D eigenvalue weighted by molar-refractivity contribution is 5.76. The number of benzene rings is 1. The average molecular weight is 426 g/mol. The first kappa shape index (κ1) is 20.2. The fourth-order valence-corrected chi connectivity index (χ4v) is 7.64. The van der Waals surface area contributed by atoms with Crippen LogP contribution in [0, 0.1) is 29.6 Å². The van der Waals surface area contributed by atoms with Gasteiger partial charge in [-0.2, -0.15) is 9.78 Å². The third kappa shape index (κ3) is 3.53. The molecule has 1 heterocycles. The zero-order valence-corrected chi connectivity index (χ0v) is 18.6. The third-order valence-electron chi connectivity index (χ3n) is 8.87. The summed E-state index contributed by atoms with van der Waals surface area (Å²) in [6, 6.07) is 10.2. The summed E-state index contributed by atoms with van der Waals surface area (Å²) < 4.78 is 6.84. The van der Waals surface area contributed by atoms with Gasteiger partial charge in [-0.1, -0.05) is 30.3 Å². The highest BCUT2D eigenvalue weighted by Gasteiger charge is 2.66. The van der Waals surface area contributed by atoms with Crippen molar-refractivity contribution in [3.05, 3.63) is 35.9 Å². The normalized spacial score (nSPS) is 44.1. The molecule has 0 aromatic heterocycles. The molecule has 2 spiro atoms. The minimum atomic E-state index is -0.649. The van der Waals surface area contributed by atoms with Crippen LogP contribution in [0.25, 0.3) is 0 Å². The van der Waals surface area contributed by atoms with Crippen LogP contribution in [-0.2, 0) is 19.3 Å². The van der Waals surface area contributed by atoms with Crippen LogP contribution in [0.4, 0.5) is 0 Å². The fraction of sp³-hybridized carbons (Fsp3) is 0.731. The highest BCUT2D eigenvalue weighted by Crippen LogP contribution is 2.64. The quantitative estimate of drug-likeness (QED) is 0.668. The molecule has 1 amide bonds. The van der Waals surface area contributed by atoms with Crippen molar-refractivity contribution >= 4 is 5.91 Å². The largest absolute Gasteiger partial charge is 0.350 e. The lowest BCUT2D eigenvalue weighted by molar-refractivity contribution is -0.390. The van der Waals surface area contributed by atoms with Gasteiger partial charge in [-0.25, -0.2) is 0 Å². The second-order valence-electron chi connectivity index (χ2n) is 11.1. The van der Waals surface area contributed by atoms with Gasteiger partial charge in [0.2, 0.25) is 17.5 Å². The zero-order valence-electron chi connectivity index (χ0n) is 18.6. The number of ether oxygens (including phenoxy) is 1. The van der Waals surface area contributed by atoms with E-state index in [2.05, 4.69) is 17.4 Å². The van der Waals surface area contributed by atoms with Crippen LogP contribution in [0.5, 0.6) is 0 Å². The summed E-state index contributed by atoms with van der Waals surface area (Å²) in [6.07, 6.45) is 10.6. The zero-order chi connectivity index (χ0) is 21.1. The van der Waals surface area contributed by atoms with Crippen molar-refractivity contribution in [3.8, 4) is 0 Å². The van der Waals surface area contributed by atoms with Crippen LogP contribution in [-0.4, -0.2) is 17.5 Å². The number of amides is 1. The minimum absolute atomic E-state index is 0.0184. The van der Waals surface area contributed by atoms with Crippen LogP contribution in [0.3, 0.4) is 0 Å². The van der Waals surface area contributed by atoms with Gasteiger partial charge in [-0.3, -0.25) is 4.79 Å². The van der Waals surface area contributed by atoms with Gasteiger partial charge in [0, 0.05) is 31.1 Å². The lowest BCUT2D eigenvalue weighted by Crippen LogP contribution is -2.59. The summed E-state index contributed by atoms with van der Waals surface area (Å²) in [6.45, 7) is 2.04. The van der Waals surface area contributed by atoms with E-state index in [1.54, 1.807) is 0 Å². The Kier molecular flexibility index (Phi) is 4.93. The molecule has 5 nitrogen and oxygen atoms in total.